The Bertz CT molecular complexity index is 322. The van der Waals surface area contributed by atoms with E-state index in [2.05, 4.69) is 26.2 Å². The van der Waals surface area contributed by atoms with Crippen molar-refractivity contribution in [3.63, 3.8) is 0 Å². The highest BCUT2D eigenvalue weighted by molar-refractivity contribution is 9.10. The molecule has 0 saturated carbocycles. The van der Waals surface area contributed by atoms with E-state index in [1.54, 1.807) is 6.20 Å². The molecular formula is C10H14BrClN2O. The lowest BCUT2D eigenvalue weighted by molar-refractivity contribution is 0.0855. The molecule has 0 aliphatic carbocycles. The van der Waals surface area contributed by atoms with Crippen molar-refractivity contribution in [2.45, 2.75) is 20.0 Å². The maximum atomic E-state index is 5.78. The van der Waals surface area contributed by atoms with E-state index in [0.29, 0.717) is 5.02 Å². The molecule has 0 radical (unpaired) electrons. The number of aromatic nitrogens is 1. The molecular weight excluding hydrogens is 279 g/mol. The second-order valence-electron chi connectivity index (χ2n) is 3.13. The number of hydrogen-bond acceptors (Lipinski definition) is 3. The van der Waals surface area contributed by atoms with Gasteiger partial charge in [0.15, 0.2) is 0 Å². The number of nitrogens with zero attached hydrogens (tertiary/aromatic N) is 1. The van der Waals surface area contributed by atoms with Gasteiger partial charge in [0.2, 0.25) is 0 Å². The number of rotatable bonds is 5. The van der Waals surface area contributed by atoms with Crippen molar-refractivity contribution in [2.24, 2.45) is 0 Å². The van der Waals surface area contributed by atoms with Crippen molar-refractivity contribution in [3.05, 3.63) is 21.8 Å². The van der Waals surface area contributed by atoms with Gasteiger partial charge in [-0.3, -0.25) is 0 Å². The molecule has 5 heteroatoms. The smallest absolute Gasteiger partial charge is 0.140 e. The fraction of sp³-hybridized carbons (Fsp3) is 0.500. The monoisotopic (exact) mass is 292 g/mol. The highest BCUT2D eigenvalue weighted by atomic mass is 79.9. The van der Waals surface area contributed by atoms with Crippen molar-refractivity contribution in [1.82, 2.24) is 4.98 Å². The van der Waals surface area contributed by atoms with Gasteiger partial charge in [0.1, 0.15) is 5.82 Å². The average Bonchev–Trinajstić information content (AvgIpc) is 2.17. The fourth-order valence-electron chi connectivity index (χ4n) is 1.13. The lowest BCUT2D eigenvalue weighted by atomic mass is 10.4. The lowest BCUT2D eigenvalue weighted by Crippen LogP contribution is -2.20. The van der Waals surface area contributed by atoms with Crippen molar-refractivity contribution in [2.75, 3.05) is 18.5 Å². The molecule has 1 aromatic rings. The summed E-state index contributed by atoms with van der Waals surface area (Å²) in [7, 11) is 0. The molecule has 0 amide bonds. The second kappa shape index (κ2) is 6.30. The van der Waals surface area contributed by atoms with Crippen LogP contribution in [0.15, 0.2) is 16.7 Å². The molecule has 0 spiro atoms. The summed E-state index contributed by atoms with van der Waals surface area (Å²) in [6.45, 7) is 5.44. The number of anilines is 1. The predicted molar refractivity (Wildman–Crippen MR) is 66.5 cm³/mol. The summed E-state index contributed by atoms with van der Waals surface area (Å²) in [5.74, 6) is 0.783. The van der Waals surface area contributed by atoms with Gasteiger partial charge in [-0.2, -0.15) is 0 Å². The van der Waals surface area contributed by atoms with E-state index in [4.69, 9.17) is 16.3 Å². The summed E-state index contributed by atoms with van der Waals surface area (Å²) >= 11 is 9.17. The summed E-state index contributed by atoms with van der Waals surface area (Å²) in [6.07, 6.45) is 1.78. The van der Waals surface area contributed by atoms with E-state index >= 15 is 0 Å². The zero-order valence-electron chi connectivity index (χ0n) is 8.76. The van der Waals surface area contributed by atoms with E-state index in [-0.39, 0.29) is 6.10 Å². The van der Waals surface area contributed by atoms with Crippen molar-refractivity contribution in [3.8, 4) is 0 Å². The molecule has 1 N–H and O–H groups in total. The maximum Gasteiger partial charge on any atom is 0.140 e. The first-order valence-electron chi connectivity index (χ1n) is 4.80. The number of halogens is 2. The SMILES string of the molecule is CCOC(C)CNc1ncc(Cl)cc1Br. The Morgan fingerprint density at radius 2 is 2.40 bits per heavy atom. The minimum atomic E-state index is 0.166. The van der Waals surface area contributed by atoms with Gasteiger partial charge in [0, 0.05) is 19.3 Å². The van der Waals surface area contributed by atoms with Crippen LogP contribution in [0.4, 0.5) is 5.82 Å². The third-order valence-corrected chi connectivity index (χ3v) is 2.63. The van der Waals surface area contributed by atoms with Crippen LogP contribution < -0.4 is 5.32 Å². The Morgan fingerprint density at radius 1 is 1.67 bits per heavy atom. The lowest BCUT2D eigenvalue weighted by Gasteiger charge is -2.13. The van der Waals surface area contributed by atoms with Crippen molar-refractivity contribution < 1.29 is 4.74 Å². The Hall–Kier alpha value is -0.320. The number of nitrogens with one attached hydrogen (secondary N) is 1. The van der Waals surface area contributed by atoms with Crippen LogP contribution in [0.5, 0.6) is 0 Å². The molecule has 1 aromatic heterocycles. The van der Waals surface area contributed by atoms with Crippen LogP contribution in [0.1, 0.15) is 13.8 Å². The summed E-state index contributed by atoms with van der Waals surface area (Å²) in [4.78, 5) is 4.16. The molecule has 1 atom stereocenters. The van der Waals surface area contributed by atoms with Gasteiger partial charge in [-0.25, -0.2) is 4.98 Å². The Balaban J connectivity index is 2.50. The predicted octanol–water partition coefficient (Wildman–Crippen LogP) is 3.33. The van der Waals surface area contributed by atoms with Gasteiger partial charge in [-0.05, 0) is 35.8 Å². The first kappa shape index (κ1) is 12.7. The largest absolute Gasteiger partial charge is 0.377 e. The normalized spacial score (nSPS) is 12.5. The number of hydrogen-bond donors (Lipinski definition) is 1. The third kappa shape index (κ3) is 4.36. The van der Waals surface area contributed by atoms with Crippen LogP contribution in [0.25, 0.3) is 0 Å². The van der Waals surface area contributed by atoms with Gasteiger partial charge in [0.25, 0.3) is 0 Å². The molecule has 0 aliphatic rings. The molecule has 3 nitrogen and oxygen atoms in total. The van der Waals surface area contributed by atoms with Crippen LogP contribution in [-0.2, 0) is 4.74 Å². The molecule has 1 unspecified atom stereocenters. The minimum absolute atomic E-state index is 0.166. The summed E-state index contributed by atoms with van der Waals surface area (Å²) < 4.78 is 6.26. The quantitative estimate of drug-likeness (QED) is 0.904. The third-order valence-electron chi connectivity index (χ3n) is 1.82. The first-order valence-corrected chi connectivity index (χ1v) is 5.97. The summed E-state index contributed by atoms with van der Waals surface area (Å²) in [5.41, 5.74) is 0. The van der Waals surface area contributed by atoms with E-state index in [1.165, 1.54) is 0 Å². The molecule has 0 bridgehead atoms. The van der Waals surface area contributed by atoms with Crippen LogP contribution >= 0.6 is 27.5 Å². The van der Waals surface area contributed by atoms with Gasteiger partial charge in [-0.15, -0.1) is 0 Å². The standard InChI is InChI=1S/C10H14BrClN2O/c1-3-15-7(2)5-13-10-9(11)4-8(12)6-14-10/h4,6-7H,3,5H2,1-2H3,(H,13,14). The van der Waals surface area contributed by atoms with Gasteiger partial charge in [-0.1, -0.05) is 11.6 Å². The first-order chi connectivity index (χ1) is 7.13. The second-order valence-corrected chi connectivity index (χ2v) is 4.42. The molecule has 0 saturated heterocycles. The molecule has 1 heterocycles. The Labute approximate surface area is 103 Å². The summed E-state index contributed by atoms with van der Waals surface area (Å²) in [5, 5.41) is 3.80. The minimum Gasteiger partial charge on any atom is -0.377 e. The average molecular weight is 294 g/mol. The van der Waals surface area contributed by atoms with Crippen molar-refractivity contribution in [1.29, 1.82) is 0 Å². The van der Waals surface area contributed by atoms with E-state index in [0.717, 1.165) is 23.4 Å². The summed E-state index contributed by atoms with van der Waals surface area (Å²) in [6, 6.07) is 1.81. The molecule has 0 aromatic carbocycles. The molecule has 15 heavy (non-hydrogen) atoms. The topological polar surface area (TPSA) is 34.1 Å². The molecule has 1 rings (SSSR count). The maximum absolute atomic E-state index is 5.78. The van der Waals surface area contributed by atoms with Gasteiger partial charge >= 0.3 is 0 Å². The number of pyridine rings is 1. The van der Waals surface area contributed by atoms with E-state index in [1.807, 2.05) is 19.9 Å². The zero-order valence-corrected chi connectivity index (χ0v) is 11.1. The van der Waals surface area contributed by atoms with Crippen LogP contribution in [0, 0.1) is 0 Å². The van der Waals surface area contributed by atoms with Crippen LogP contribution in [0.2, 0.25) is 5.02 Å². The van der Waals surface area contributed by atoms with E-state index in [9.17, 15) is 0 Å². The Morgan fingerprint density at radius 3 is 3.00 bits per heavy atom. The highest BCUT2D eigenvalue weighted by Gasteiger charge is 2.04. The highest BCUT2D eigenvalue weighted by Crippen LogP contribution is 2.22. The molecule has 84 valence electrons. The fourth-order valence-corrected chi connectivity index (χ4v) is 1.91. The number of ether oxygens (including phenoxy) is 1. The van der Waals surface area contributed by atoms with Gasteiger partial charge < -0.3 is 10.1 Å². The molecule has 0 aliphatic heterocycles. The van der Waals surface area contributed by atoms with Crippen molar-refractivity contribution >= 4 is 33.3 Å². The Kier molecular flexibility index (Phi) is 5.36. The zero-order chi connectivity index (χ0) is 11.3. The van der Waals surface area contributed by atoms with Crippen LogP contribution in [0.3, 0.4) is 0 Å². The van der Waals surface area contributed by atoms with Gasteiger partial charge in [0.05, 0.1) is 15.6 Å². The molecule has 0 fully saturated rings. The van der Waals surface area contributed by atoms with E-state index < -0.39 is 0 Å². The van der Waals surface area contributed by atoms with Crippen LogP contribution in [-0.4, -0.2) is 24.2 Å².